The zero-order valence-corrected chi connectivity index (χ0v) is 14.0. The molecule has 0 saturated heterocycles. The molecule has 2 aromatic rings. The summed E-state index contributed by atoms with van der Waals surface area (Å²) in [5.74, 6) is 1.05. The Hall–Kier alpha value is -2.17. The van der Waals surface area contributed by atoms with Gasteiger partial charge in [-0.1, -0.05) is 39.0 Å². The van der Waals surface area contributed by atoms with E-state index in [1.165, 1.54) is 6.07 Å². The second kappa shape index (κ2) is 7.90. The summed E-state index contributed by atoms with van der Waals surface area (Å²) in [5, 5.41) is 0. The predicted molar refractivity (Wildman–Crippen MR) is 88.3 cm³/mol. The molecule has 0 atom stereocenters. The maximum absolute atomic E-state index is 13.8. The minimum absolute atomic E-state index is 0.110. The molecule has 0 saturated carbocycles. The van der Waals surface area contributed by atoms with Crippen LogP contribution in [0.3, 0.4) is 0 Å². The van der Waals surface area contributed by atoms with Crippen molar-refractivity contribution in [3.8, 4) is 0 Å². The Morgan fingerprint density at radius 3 is 2.74 bits per heavy atom. The first-order valence-electron chi connectivity index (χ1n) is 8.02. The summed E-state index contributed by atoms with van der Waals surface area (Å²) in [6, 6.07) is 6.72. The van der Waals surface area contributed by atoms with Crippen LogP contribution >= 0.6 is 0 Å². The molecule has 0 radical (unpaired) electrons. The molecule has 1 aromatic carbocycles. The van der Waals surface area contributed by atoms with Crippen molar-refractivity contribution in [3.05, 3.63) is 53.9 Å². The first-order chi connectivity index (χ1) is 11.0. The number of rotatable bonds is 7. The van der Waals surface area contributed by atoms with Crippen molar-refractivity contribution in [1.82, 2.24) is 14.5 Å². The number of benzene rings is 1. The summed E-state index contributed by atoms with van der Waals surface area (Å²) in [6.45, 7) is 7.59. The van der Waals surface area contributed by atoms with Gasteiger partial charge in [-0.05, 0) is 12.0 Å². The number of imidazole rings is 1. The molecular formula is C18H24FN3O. The highest BCUT2D eigenvalue weighted by molar-refractivity contribution is 5.75. The van der Waals surface area contributed by atoms with Crippen molar-refractivity contribution >= 4 is 5.91 Å². The molecule has 124 valence electrons. The molecule has 0 N–H and O–H groups in total. The fourth-order valence-electron chi connectivity index (χ4n) is 2.54. The van der Waals surface area contributed by atoms with Gasteiger partial charge in [-0.2, -0.15) is 0 Å². The van der Waals surface area contributed by atoms with Crippen LogP contribution in [0, 0.1) is 11.7 Å². The molecule has 0 unspecified atom stereocenters. The number of hydrogen-bond acceptors (Lipinski definition) is 2. The first kappa shape index (κ1) is 17.2. The van der Waals surface area contributed by atoms with Gasteiger partial charge in [0.1, 0.15) is 11.6 Å². The molecule has 5 heteroatoms. The van der Waals surface area contributed by atoms with E-state index in [9.17, 15) is 9.18 Å². The zero-order chi connectivity index (χ0) is 16.8. The summed E-state index contributed by atoms with van der Waals surface area (Å²) in [4.78, 5) is 18.3. The SMILES string of the molecule is CCC(=O)N(Cc1nccn1Cc1ccccc1F)CC(C)C. The molecule has 4 nitrogen and oxygen atoms in total. The topological polar surface area (TPSA) is 38.1 Å². The van der Waals surface area contributed by atoms with Gasteiger partial charge in [0.15, 0.2) is 0 Å². The number of amides is 1. The Labute approximate surface area is 136 Å². The highest BCUT2D eigenvalue weighted by Gasteiger charge is 2.16. The van der Waals surface area contributed by atoms with Crippen LogP contribution in [0.25, 0.3) is 0 Å². The average molecular weight is 317 g/mol. The molecule has 1 amide bonds. The molecule has 0 aliphatic rings. The second-order valence-electron chi connectivity index (χ2n) is 6.08. The monoisotopic (exact) mass is 317 g/mol. The number of hydrogen-bond donors (Lipinski definition) is 0. The van der Waals surface area contributed by atoms with Crippen molar-refractivity contribution in [2.45, 2.75) is 40.3 Å². The van der Waals surface area contributed by atoms with E-state index in [0.29, 0.717) is 37.5 Å². The van der Waals surface area contributed by atoms with Crippen LogP contribution in [0.4, 0.5) is 4.39 Å². The molecular weight excluding hydrogens is 293 g/mol. The summed E-state index contributed by atoms with van der Waals surface area (Å²) in [5.41, 5.74) is 0.615. The average Bonchev–Trinajstić information content (AvgIpc) is 2.94. The third-order valence-electron chi connectivity index (χ3n) is 3.67. The maximum Gasteiger partial charge on any atom is 0.222 e. The number of halogens is 1. The fourth-order valence-corrected chi connectivity index (χ4v) is 2.54. The number of carbonyl (C=O) groups is 1. The minimum Gasteiger partial charge on any atom is -0.335 e. The number of carbonyl (C=O) groups excluding carboxylic acids is 1. The van der Waals surface area contributed by atoms with E-state index in [-0.39, 0.29) is 11.7 Å². The lowest BCUT2D eigenvalue weighted by Crippen LogP contribution is -2.34. The molecule has 0 bridgehead atoms. The Balaban J connectivity index is 2.16. The Kier molecular flexibility index (Phi) is 5.90. The van der Waals surface area contributed by atoms with Gasteiger partial charge in [0.2, 0.25) is 5.91 Å². The van der Waals surface area contributed by atoms with Gasteiger partial charge in [0, 0.05) is 30.9 Å². The second-order valence-corrected chi connectivity index (χ2v) is 6.08. The zero-order valence-electron chi connectivity index (χ0n) is 14.0. The Morgan fingerprint density at radius 2 is 2.09 bits per heavy atom. The van der Waals surface area contributed by atoms with Crippen LogP contribution in [0.1, 0.15) is 38.6 Å². The van der Waals surface area contributed by atoms with E-state index in [4.69, 9.17) is 0 Å². The van der Waals surface area contributed by atoms with E-state index in [1.807, 2.05) is 28.7 Å². The van der Waals surface area contributed by atoms with Gasteiger partial charge >= 0.3 is 0 Å². The normalized spacial score (nSPS) is 11.0. The first-order valence-corrected chi connectivity index (χ1v) is 8.02. The third-order valence-corrected chi connectivity index (χ3v) is 3.67. The van der Waals surface area contributed by atoms with Crippen LogP contribution in [-0.4, -0.2) is 26.9 Å². The fraction of sp³-hybridized carbons (Fsp3) is 0.444. The van der Waals surface area contributed by atoms with Crippen molar-refractivity contribution in [3.63, 3.8) is 0 Å². The highest BCUT2D eigenvalue weighted by atomic mass is 19.1. The number of aromatic nitrogens is 2. The van der Waals surface area contributed by atoms with Crippen LogP contribution in [0.5, 0.6) is 0 Å². The summed E-state index contributed by atoms with van der Waals surface area (Å²) >= 11 is 0. The van der Waals surface area contributed by atoms with Crippen LogP contribution in [0.2, 0.25) is 0 Å². The van der Waals surface area contributed by atoms with Crippen molar-refractivity contribution < 1.29 is 9.18 Å². The minimum atomic E-state index is -0.226. The molecule has 23 heavy (non-hydrogen) atoms. The Bertz CT molecular complexity index is 651. The quantitative estimate of drug-likeness (QED) is 0.784. The van der Waals surface area contributed by atoms with E-state index in [2.05, 4.69) is 18.8 Å². The maximum atomic E-state index is 13.8. The lowest BCUT2D eigenvalue weighted by atomic mass is 10.2. The molecule has 0 aliphatic carbocycles. The highest BCUT2D eigenvalue weighted by Crippen LogP contribution is 2.13. The van der Waals surface area contributed by atoms with Gasteiger partial charge in [-0.25, -0.2) is 9.37 Å². The lowest BCUT2D eigenvalue weighted by molar-refractivity contribution is -0.132. The summed E-state index contributed by atoms with van der Waals surface area (Å²) in [7, 11) is 0. The van der Waals surface area contributed by atoms with Gasteiger partial charge in [-0.3, -0.25) is 4.79 Å². The van der Waals surface area contributed by atoms with Gasteiger partial charge in [0.25, 0.3) is 0 Å². The molecule has 2 rings (SSSR count). The third kappa shape index (κ3) is 4.65. The van der Waals surface area contributed by atoms with Crippen molar-refractivity contribution in [2.75, 3.05) is 6.54 Å². The van der Waals surface area contributed by atoms with Crippen LogP contribution < -0.4 is 0 Å². The van der Waals surface area contributed by atoms with E-state index in [1.54, 1.807) is 18.3 Å². The molecule has 1 aromatic heterocycles. The van der Waals surface area contributed by atoms with Crippen LogP contribution in [0.15, 0.2) is 36.7 Å². The molecule has 0 fully saturated rings. The van der Waals surface area contributed by atoms with Gasteiger partial charge in [0.05, 0.1) is 13.1 Å². The lowest BCUT2D eigenvalue weighted by Gasteiger charge is -2.24. The van der Waals surface area contributed by atoms with Crippen LogP contribution in [-0.2, 0) is 17.9 Å². The largest absolute Gasteiger partial charge is 0.335 e. The van der Waals surface area contributed by atoms with E-state index < -0.39 is 0 Å². The smallest absolute Gasteiger partial charge is 0.222 e. The summed E-state index contributed by atoms with van der Waals surface area (Å²) < 4.78 is 15.7. The molecule has 0 spiro atoms. The van der Waals surface area contributed by atoms with E-state index in [0.717, 1.165) is 5.82 Å². The predicted octanol–water partition coefficient (Wildman–Crippen LogP) is 3.47. The molecule has 0 aliphatic heterocycles. The van der Waals surface area contributed by atoms with Gasteiger partial charge < -0.3 is 9.47 Å². The van der Waals surface area contributed by atoms with E-state index >= 15 is 0 Å². The summed E-state index contributed by atoms with van der Waals surface area (Å²) in [6.07, 6.45) is 3.99. The number of nitrogens with zero attached hydrogens (tertiary/aromatic N) is 3. The Morgan fingerprint density at radius 1 is 1.35 bits per heavy atom. The van der Waals surface area contributed by atoms with Crippen molar-refractivity contribution in [2.24, 2.45) is 5.92 Å². The van der Waals surface area contributed by atoms with Gasteiger partial charge in [-0.15, -0.1) is 0 Å². The molecule has 1 heterocycles. The van der Waals surface area contributed by atoms with Crippen molar-refractivity contribution in [1.29, 1.82) is 0 Å². The standard InChI is InChI=1S/C18H24FN3O/c1-4-18(23)22(11-14(2)3)13-17-20-9-10-21(17)12-15-7-5-6-8-16(15)19/h5-10,14H,4,11-13H2,1-3H3.